The Morgan fingerprint density at radius 2 is 1.77 bits per heavy atom. The average Bonchev–Trinajstić information content (AvgIpc) is 2.95. The van der Waals surface area contributed by atoms with Crippen LogP contribution in [0.2, 0.25) is 0 Å². The van der Waals surface area contributed by atoms with Crippen molar-refractivity contribution in [1.29, 1.82) is 0 Å². The molecular weight excluding hydrogens is 426 g/mol. The van der Waals surface area contributed by atoms with Crippen molar-refractivity contribution < 1.29 is 38.2 Å². The van der Waals surface area contributed by atoms with Gasteiger partial charge in [0.05, 0.1) is 6.61 Å². The third kappa shape index (κ3) is 5.10. The van der Waals surface area contributed by atoms with Crippen LogP contribution in [0.5, 0.6) is 0 Å². The lowest BCUT2D eigenvalue weighted by Crippen LogP contribution is -2.43. The number of nitrogens with zero attached hydrogens (tertiary/aromatic N) is 2. The molecule has 164 valence electrons. The molecule has 3 rings (SSSR count). The molecule has 11 nitrogen and oxygen atoms in total. The maximum absolute atomic E-state index is 13.0. The van der Waals surface area contributed by atoms with Crippen LogP contribution in [0.15, 0.2) is 46.1 Å². The fourth-order valence-electron chi connectivity index (χ4n) is 3.09. The minimum atomic E-state index is -4.83. The van der Waals surface area contributed by atoms with Crippen LogP contribution in [0.4, 0.5) is 4.39 Å². The van der Waals surface area contributed by atoms with E-state index in [9.17, 15) is 28.8 Å². The molecule has 0 spiro atoms. The topological polar surface area (TPSA) is 160 Å². The van der Waals surface area contributed by atoms with Crippen molar-refractivity contribution in [3.8, 4) is 0 Å². The molecule has 1 aliphatic heterocycles. The van der Waals surface area contributed by atoms with Crippen molar-refractivity contribution in [3.63, 3.8) is 0 Å². The van der Waals surface area contributed by atoms with E-state index >= 15 is 0 Å². The lowest BCUT2D eigenvalue weighted by atomic mass is 10.1. The van der Waals surface area contributed by atoms with E-state index in [2.05, 4.69) is 4.52 Å². The molecular formula is C17H20FN2O9P. The predicted molar refractivity (Wildman–Crippen MR) is 99.0 cm³/mol. The third-order valence-corrected chi connectivity index (χ3v) is 5.14. The number of aryl methyl sites for hydroxylation is 1. The van der Waals surface area contributed by atoms with Gasteiger partial charge in [-0.2, -0.15) is 0 Å². The summed E-state index contributed by atoms with van der Waals surface area (Å²) in [6.45, 7) is -0.752. The molecule has 30 heavy (non-hydrogen) atoms. The van der Waals surface area contributed by atoms with Crippen molar-refractivity contribution in [3.05, 3.63) is 68.7 Å². The van der Waals surface area contributed by atoms with Gasteiger partial charge in [0.15, 0.2) is 6.23 Å². The van der Waals surface area contributed by atoms with E-state index < -0.39 is 56.0 Å². The number of ether oxygens (including phenoxy) is 1. The van der Waals surface area contributed by atoms with Crippen LogP contribution in [0.1, 0.15) is 11.8 Å². The van der Waals surface area contributed by atoms with E-state index in [1.165, 1.54) is 24.3 Å². The quantitative estimate of drug-likeness (QED) is 0.396. The molecule has 2 aromatic rings. The Bertz CT molecular complexity index is 1050. The van der Waals surface area contributed by atoms with Gasteiger partial charge in [-0.1, -0.05) is 12.1 Å². The number of hydrogen-bond acceptors (Lipinski definition) is 7. The van der Waals surface area contributed by atoms with Gasteiger partial charge in [-0.25, -0.2) is 13.8 Å². The zero-order valence-electron chi connectivity index (χ0n) is 15.4. The second kappa shape index (κ2) is 8.90. The Morgan fingerprint density at radius 1 is 1.10 bits per heavy atom. The summed E-state index contributed by atoms with van der Waals surface area (Å²) in [4.78, 5) is 42.4. The first-order valence-corrected chi connectivity index (χ1v) is 10.4. The minimum absolute atomic E-state index is 0.0275. The number of rotatable bonds is 7. The van der Waals surface area contributed by atoms with E-state index in [0.717, 1.165) is 21.4 Å². The minimum Gasteiger partial charge on any atom is -0.387 e. The van der Waals surface area contributed by atoms with E-state index in [-0.39, 0.29) is 13.0 Å². The largest absolute Gasteiger partial charge is 0.469 e. The highest BCUT2D eigenvalue weighted by molar-refractivity contribution is 7.46. The summed E-state index contributed by atoms with van der Waals surface area (Å²) >= 11 is 0. The Balaban J connectivity index is 1.80. The molecule has 4 N–H and O–H groups in total. The molecule has 0 bridgehead atoms. The first kappa shape index (κ1) is 22.5. The van der Waals surface area contributed by atoms with Gasteiger partial charge in [0.1, 0.15) is 24.1 Å². The van der Waals surface area contributed by atoms with Crippen molar-refractivity contribution in [2.75, 3.05) is 6.61 Å². The van der Waals surface area contributed by atoms with Crippen LogP contribution in [0.25, 0.3) is 0 Å². The summed E-state index contributed by atoms with van der Waals surface area (Å²) in [6.07, 6.45) is -4.58. The Hall–Kier alpha value is -2.18. The first-order valence-electron chi connectivity index (χ1n) is 8.85. The summed E-state index contributed by atoms with van der Waals surface area (Å²) in [7, 11) is -4.83. The highest BCUT2D eigenvalue weighted by atomic mass is 31.2. The molecule has 1 unspecified atom stereocenters. The van der Waals surface area contributed by atoms with Gasteiger partial charge in [0.2, 0.25) is 0 Å². The van der Waals surface area contributed by atoms with E-state index in [4.69, 9.17) is 14.5 Å². The van der Waals surface area contributed by atoms with Crippen molar-refractivity contribution in [2.24, 2.45) is 0 Å². The lowest BCUT2D eigenvalue weighted by Gasteiger charge is -2.18. The maximum atomic E-state index is 13.0. The van der Waals surface area contributed by atoms with Gasteiger partial charge in [0.25, 0.3) is 5.56 Å². The van der Waals surface area contributed by atoms with Crippen LogP contribution in [0, 0.1) is 5.82 Å². The normalized spacial score (nSPS) is 24.3. The molecule has 1 saturated heterocycles. The lowest BCUT2D eigenvalue weighted by molar-refractivity contribution is -0.0548. The molecule has 13 heteroatoms. The van der Waals surface area contributed by atoms with Gasteiger partial charge in [-0.15, -0.1) is 0 Å². The van der Waals surface area contributed by atoms with Gasteiger partial charge in [-0.3, -0.25) is 18.5 Å². The van der Waals surface area contributed by atoms with Crippen LogP contribution in [0.3, 0.4) is 0 Å². The van der Waals surface area contributed by atoms with Crippen molar-refractivity contribution in [2.45, 2.75) is 37.5 Å². The standard InChI is InChI=1S/C17H20FN2O9P/c18-11-3-1-10(2-4-11)5-7-19-13(21)6-8-20(17(19)24)16-15(23)14(22)12(29-16)9-28-30(25,26)27/h1-4,6,8,12,14-16,22-23H,5,7,9H2,(H2,25,26,27)/t12-,14+,15?,16-/m1/s1. The molecule has 1 aromatic heterocycles. The molecule has 0 amide bonds. The Labute approximate surface area is 168 Å². The molecule has 4 atom stereocenters. The predicted octanol–water partition coefficient (Wildman–Crippen LogP) is -0.880. The zero-order chi connectivity index (χ0) is 22.1. The fraction of sp³-hybridized carbons (Fsp3) is 0.412. The number of benzene rings is 1. The van der Waals surface area contributed by atoms with Gasteiger partial charge in [-0.05, 0) is 24.1 Å². The van der Waals surface area contributed by atoms with E-state index in [0.29, 0.717) is 5.56 Å². The van der Waals surface area contributed by atoms with Gasteiger partial charge in [0, 0.05) is 18.8 Å². The van der Waals surface area contributed by atoms with Crippen LogP contribution in [-0.4, -0.2) is 54.1 Å². The Morgan fingerprint density at radius 3 is 2.40 bits per heavy atom. The number of aliphatic hydroxyl groups is 2. The molecule has 2 heterocycles. The number of hydrogen-bond donors (Lipinski definition) is 4. The number of phosphoric acid groups is 1. The summed E-state index contributed by atoms with van der Waals surface area (Å²) < 4.78 is 35.3. The number of aromatic nitrogens is 2. The van der Waals surface area contributed by atoms with Gasteiger partial charge < -0.3 is 24.7 Å². The molecule has 1 aromatic carbocycles. The zero-order valence-corrected chi connectivity index (χ0v) is 16.3. The van der Waals surface area contributed by atoms with Crippen molar-refractivity contribution >= 4 is 7.82 Å². The molecule has 0 radical (unpaired) electrons. The summed E-state index contributed by atoms with van der Waals surface area (Å²) in [6, 6.07) is 6.63. The summed E-state index contributed by atoms with van der Waals surface area (Å²) in [5, 5.41) is 20.3. The molecule has 1 aliphatic rings. The number of halogens is 1. The highest BCUT2D eigenvalue weighted by Gasteiger charge is 2.45. The smallest absolute Gasteiger partial charge is 0.387 e. The fourth-order valence-corrected chi connectivity index (χ4v) is 3.43. The van der Waals surface area contributed by atoms with Crippen molar-refractivity contribution in [1.82, 2.24) is 9.13 Å². The first-order chi connectivity index (χ1) is 14.1. The SMILES string of the molecule is O=c1ccn([C@@H]2O[C@H](COP(=O)(O)O)[C@H](O)C2O)c(=O)n1CCc1ccc(F)cc1. The number of aliphatic hydroxyl groups excluding tert-OH is 2. The van der Waals surface area contributed by atoms with Crippen LogP contribution >= 0.6 is 7.82 Å². The molecule has 0 saturated carbocycles. The summed E-state index contributed by atoms with van der Waals surface area (Å²) in [5.41, 5.74) is -0.731. The Kier molecular flexibility index (Phi) is 6.68. The van der Waals surface area contributed by atoms with E-state index in [1.807, 2.05) is 0 Å². The number of phosphoric ester groups is 1. The molecule has 0 aliphatic carbocycles. The molecule has 1 fully saturated rings. The van der Waals surface area contributed by atoms with E-state index in [1.54, 1.807) is 0 Å². The van der Waals surface area contributed by atoms with Crippen LogP contribution in [-0.2, 0) is 26.8 Å². The van der Waals surface area contributed by atoms with Gasteiger partial charge >= 0.3 is 13.5 Å². The van der Waals surface area contributed by atoms with Crippen LogP contribution < -0.4 is 11.2 Å². The summed E-state index contributed by atoms with van der Waals surface area (Å²) in [5.74, 6) is -0.416. The monoisotopic (exact) mass is 446 g/mol. The third-order valence-electron chi connectivity index (χ3n) is 4.65. The maximum Gasteiger partial charge on any atom is 0.469 e. The average molecular weight is 446 g/mol. The highest BCUT2D eigenvalue weighted by Crippen LogP contribution is 2.38. The second-order valence-electron chi connectivity index (χ2n) is 6.70. The second-order valence-corrected chi connectivity index (χ2v) is 7.94.